The van der Waals surface area contributed by atoms with Crippen molar-refractivity contribution < 1.29 is 4.74 Å². The summed E-state index contributed by atoms with van der Waals surface area (Å²) < 4.78 is 8.50. The molecule has 3 heteroatoms. The number of fused-ring (bicyclic) bond motifs is 1. The summed E-state index contributed by atoms with van der Waals surface area (Å²) in [5, 5.41) is 0. The third-order valence-electron chi connectivity index (χ3n) is 5.39. The van der Waals surface area contributed by atoms with E-state index >= 15 is 0 Å². The number of para-hydroxylation sites is 3. The van der Waals surface area contributed by atoms with Gasteiger partial charge in [0, 0.05) is 5.56 Å². The highest BCUT2D eigenvalue weighted by Gasteiger charge is 2.15. The van der Waals surface area contributed by atoms with Crippen LogP contribution in [0.25, 0.3) is 22.4 Å². The van der Waals surface area contributed by atoms with Crippen molar-refractivity contribution in [3.63, 3.8) is 0 Å². The van der Waals surface area contributed by atoms with Crippen LogP contribution in [0.1, 0.15) is 36.5 Å². The summed E-state index contributed by atoms with van der Waals surface area (Å²) in [4.78, 5) is 4.95. The number of benzene rings is 3. The average molecular weight is 385 g/mol. The van der Waals surface area contributed by atoms with Gasteiger partial charge in [0.2, 0.25) is 0 Å². The van der Waals surface area contributed by atoms with Crippen LogP contribution in [0.2, 0.25) is 0 Å². The molecule has 148 valence electrons. The fourth-order valence-corrected chi connectivity index (χ4v) is 3.91. The maximum absolute atomic E-state index is 6.21. The van der Waals surface area contributed by atoms with E-state index in [1.807, 2.05) is 12.1 Å². The first-order valence-electron chi connectivity index (χ1n) is 10.3. The van der Waals surface area contributed by atoms with Crippen LogP contribution in [-0.2, 0) is 6.54 Å². The van der Waals surface area contributed by atoms with Gasteiger partial charge in [-0.1, -0.05) is 67.9 Å². The lowest BCUT2D eigenvalue weighted by Crippen LogP contribution is -2.11. The molecule has 1 heterocycles. The van der Waals surface area contributed by atoms with Gasteiger partial charge >= 0.3 is 0 Å². The normalized spacial score (nSPS) is 11.3. The predicted octanol–water partition coefficient (Wildman–Crippen LogP) is 6.52. The first-order valence-corrected chi connectivity index (χ1v) is 10.3. The number of imidazole rings is 1. The van der Waals surface area contributed by atoms with E-state index in [1.165, 1.54) is 22.3 Å². The predicted molar refractivity (Wildman–Crippen MR) is 121 cm³/mol. The molecule has 0 N–H and O–H groups in total. The highest BCUT2D eigenvalue weighted by Crippen LogP contribution is 2.29. The van der Waals surface area contributed by atoms with E-state index in [-0.39, 0.29) is 0 Å². The molecule has 0 aliphatic heterocycles. The second kappa shape index (κ2) is 8.12. The molecule has 4 aromatic rings. The Labute approximate surface area is 173 Å². The zero-order valence-electron chi connectivity index (χ0n) is 17.6. The Kier molecular flexibility index (Phi) is 5.39. The Hall–Kier alpha value is -3.07. The summed E-state index contributed by atoms with van der Waals surface area (Å²) in [7, 11) is 0. The molecule has 0 aliphatic carbocycles. The molecule has 1 aromatic heterocycles. The number of aryl methyl sites for hydroxylation is 2. The number of rotatable bonds is 6. The number of ether oxygens (including phenoxy) is 1. The van der Waals surface area contributed by atoms with Crippen LogP contribution < -0.4 is 4.74 Å². The zero-order valence-corrected chi connectivity index (χ0v) is 17.6. The highest BCUT2D eigenvalue weighted by molar-refractivity contribution is 5.81. The van der Waals surface area contributed by atoms with E-state index in [1.54, 1.807) is 0 Å². The van der Waals surface area contributed by atoms with Crippen LogP contribution >= 0.6 is 0 Å². The van der Waals surface area contributed by atoms with Gasteiger partial charge in [0.15, 0.2) is 0 Å². The molecule has 0 unspecified atom stereocenters. The van der Waals surface area contributed by atoms with Gasteiger partial charge < -0.3 is 9.30 Å². The quantitative estimate of drug-likeness (QED) is 0.378. The third-order valence-corrected chi connectivity index (χ3v) is 5.39. The van der Waals surface area contributed by atoms with Crippen LogP contribution in [0.4, 0.5) is 0 Å². The lowest BCUT2D eigenvalue weighted by atomic mass is 10.0. The SMILES string of the molecule is Cc1ccc(-c2nc3ccccc3n2CCOc2ccccc2C(C)C)c(C)c1. The van der Waals surface area contributed by atoms with Crippen molar-refractivity contribution in [2.45, 2.75) is 40.2 Å². The first-order chi connectivity index (χ1) is 14.0. The molecule has 4 rings (SSSR count). The minimum Gasteiger partial charge on any atom is -0.491 e. The molecule has 0 saturated carbocycles. The van der Waals surface area contributed by atoms with Crippen LogP contribution in [0.5, 0.6) is 5.75 Å². The Bertz CT molecular complexity index is 1140. The smallest absolute Gasteiger partial charge is 0.141 e. The van der Waals surface area contributed by atoms with E-state index in [9.17, 15) is 0 Å². The number of hydrogen-bond acceptors (Lipinski definition) is 2. The van der Waals surface area contributed by atoms with Crippen molar-refractivity contribution in [3.05, 3.63) is 83.4 Å². The number of hydrogen-bond donors (Lipinski definition) is 0. The number of aromatic nitrogens is 2. The monoisotopic (exact) mass is 384 g/mol. The Morgan fingerprint density at radius 1 is 0.931 bits per heavy atom. The molecular weight excluding hydrogens is 356 g/mol. The van der Waals surface area contributed by atoms with Crippen molar-refractivity contribution in [3.8, 4) is 17.1 Å². The Morgan fingerprint density at radius 2 is 1.69 bits per heavy atom. The van der Waals surface area contributed by atoms with Gasteiger partial charge in [-0.25, -0.2) is 4.98 Å². The first kappa shape index (κ1) is 19.3. The molecule has 0 spiro atoms. The lowest BCUT2D eigenvalue weighted by Gasteiger charge is -2.16. The maximum Gasteiger partial charge on any atom is 0.141 e. The molecule has 0 saturated heterocycles. The molecule has 3 nitrogen and oxygen atoms in total. The van der Waals surface area contributed by atoms with Gasteiger partial charge in [0.05, 0.1) is 17.6 Å². The van der Waals surface area contributed by atoms with E-state index in [2.05, 4.69) is 86.9 Å². The molecule has 3 aromatic carbocycles. The molecule has 0 aliphatic rings. The van der Waals surface area contributed by atoms with Crippen molar-refractivity contribution in [2.24, 2.45) is 0 Å². The van der Waals surface area contributed by atoms with E-state index in [4.69, 9.17) is 9.72 Å². The molecule has 0 amide bonds. The van der Waals surface area contributed by atoms with Gasteiger partial charge in [-0.05, 0) is 49.1 Å². The summed E-state index contributed by atoms with van der Waals surface area (Å²) >= 11 is 0. The molecule has 0 radical (unpaired) electrons. The minimum absolute atomic E-state index is 0.436. The van der Waals surface area contributed by atoms with E-state index in [0.29, 0.717) is 12.5 Å². The molecular formula is C26H28N2O. The molecule has 0 fully saturated rings. The van der Waals surface area contributed by atoms with Crippen LogP contribution in [-0.4, -0.2) is 16.2 Å². The van der Waals surface area contributed by atoms with Gasteiger partial charge in [0.1, 0.15) is 18.2 Å². The summed E-state index contributed by atoms with van der Waals surface area (Å²) in [6.07, 6.45) is 0. The Morgan fingerprint density at radius 3 is 2.48 bits per heavy atom. The van der Waals surface area contributed by atoms with Crippen molar-refractivity contribution in [1.82, 2.24) is 9.55 Å². The highest BCUT2D eigenvalue weighted by atomic mass is 16.5. The van der Waals surface area contributed by atoms with Gasteiger partial charge in [-0.2, -0.15) is 0 Å². The van der Waals surface area contributed by atoms with Crippen molar-refractivity contribution >= 4 is 11.0 Å². The average Bonchev–Trinajstić information content (AvgIpc) is 3.06. The zero-order chi connectivity index (χ0) is 20.4. The van der Waals surface area contributed by atoms with Gasteiger partial charge in [-0.15, -0.1) is 0 Å². The lowest BCUT2D eigenvalue weighted by molar-refractivity contribution is 0.297. The fourth-order valence-electron chi connectivity index (χ4n) is 3.91. The molecule has 0 atom stereocenters. The standard InChI is InChI=1S/C26H28N2O/c1-18(2)21-9-5-8-12-25(21)29-16-15-28-24-11-7-6-10-23(24)27-26(28)22-14-13-19(3)17-20(22)4/h5-14,17-18H,15-16H2,1-4H3. The van der Waals surface area contributed by atoms with Crippen LogP contribution in [0, 0.1) is 13.8 Å². The maximum atomic E-state index is 6.21. The third kappa shape index (κ3) is 3.91. The van der Waals surface area contributed by atoms with Gasteiger partial charge in [-0.3, -0.25) is 0 Å². The van der Waals surface area contributed by atoms with Gasteiger partial charge in [0.25, 0.3) is 0 Å². The van der Waals surface area contributed by atoms with Crippen molar-refractivity contribution in [1.29, 1.82) is 0 Å². The summed E-state index contributed by atoms with van der Waals surface area (Å²) in [5.41, 5.74) is 7.09. The number of nitrogens with zero attached hydrogens (tertiary/aromatic N) is 2. The topological polar surface area (TPSA) is 27.1 Å². The summed E-state index contributed by atoms with van der Waals surface area (Å²) in [6, 6.07) is 23.2. The summed E-state index contributed by atoms with van der Waals surface area (Å²) in [5.74, 6) is 2.41. The fraction of sp³-hybridized carbons (Fsp3) is 0.269. The van der Waals surface area contributed by atoms with Crippen molar-refractivity contribution in [2.75, 3.05) is 6.61 Å². The molecule has 29 heavy (non-hydrogen) atoms. The second-order valence-electron chi connectivity index (χ2n) is 7.94. The van der Waals surface area contributed by atoms with E-state index in [0.717, 1.165) is 29.2 Å². The Balaban J connectivity index is 1.67. The van der Waals surface area contributed by atoms with E-state index < -0.39 is 0 Å². The van der Waals surface area contributed by atoms with Crippen LogP contribution in [0.3, 0.4) is 0 Å². The minimum atomic E-state index is 0.436. The molecule has 0 bridgehead atoms. The second-order valence-corrected chi connectivity index (χ2v) is 7.94. The van der Waals surface area contributed by atoms with Crippen LogP contribution in [0.15, 0.2) is 66.7 Å². The largest absolute Gasteiger partial charge is 0.491 e. The summed E-state index contributed by atoms with van der Waals surface area (Å²) in [6.45, 7) is 10.0.